The molecule has 0 aliphatic carbocycles. The second kappa shape index (κ2) is 11.8. The van der Waals surface area contributed by atoms with Crippen molar-refractivity contribution >= 4 is 42.7 Å². The molecule has 2 aromatic carbocycles. The van der Waals surface area contributed by atoms with E-state index in [-0.39, 0.29) is 10.6 Å². The van der Waals surface area contributed by atoms with Gasteiger partial charge in [0.1, 0.15) is 0 Å². The van der Waals surface area contributed by atoms with Crippen molar-refractivity contribution in [1.29, 1.82) is 0 Å². The number of hydrogen-bond acceptors (Lipinski definition) is 8. The van der Waals surface area contributed by atoms with Crippen LogP contribution in [0.25, 0.3) is 0 Å². The summed E-state index contributed by atoms with van der Waals surface area (Å²) in [6.45, 7) is 12.0. The first-order valence-corrected chi connectivity index (χ1v) is 12.0. The van der Waals surface area contributed by atoms with E-state index in [4.69, 9.17) is 16.7 Å². The topological polar surface area (TPSA) is 105 Å². The molecule has 0 saturated carbocycles. The van der Waals surface area contributed by atoms with E-state index in [1.54, 1.807) is 12.1 Å². The highest BCUT2D eigenvalue weighted by Crippen LogP contribution is 2.26. The summed E-state index contributed by atoms with van der Waals surface area (Å²) in [6.07, 6.45) is 0. The van der Waals surface area contributed by atoms with Gasteiger partial charge in [-0.3, -0.25) is 0 Å². The van der Waals surface area contributed by atoms with Crippen molar-refractivity contribution in [2.75, 3.05) is 47.4 Å². The summed E-state index contributed by atoms with van der Waals surface area (Å²) in [4.78, 5) is 4.48. The lowest BCUT2D eigenvalue weighted by atomic mass is 10.2. The van der Waals surface area contributed by atoms with E-state index in [2.05, 4.69) is 46.4 Å². The summed E-state index contributed by atoms with van der Waals surface area (Å²) in [7, 11) is -3.36. The zero-order valence-corrected chi connectivity index (χ0v) is 19.1. The SMILES string of the molecule is CCN(CC)c1ccc(N)c(S(=O)(=S)OO)c1.CCN(CC)c1ccc(N)cc1. The first kappa shape index (κ1) is 25.0. The van der Waals surface area contributed by atoms with Crippen molar-refractivity contribution in [3.63, 3.8) is 0 Å². The molecule has 0 amide bonds. The molecular formula is C20H32N4O3S2. The van der Waals surface area contributed by atoms with Crippen LogP contribution in [0.1, 0.15) is 27.7 Å². The van der Waals surface area contributed by atoms with Gasteiger partial charge in [-0.2, -0.15) is 0 Å². The second-order valence-corrected chi connectivity index (χ2v) is 9.00. The van der Waals surface area contributed by atoms with Gasteiger partial charge in [0.25, 0.3) is 0 Å². The quantitative estimate of drug-likeness (QED) is 0.324. The fraction of sp³-hybridized carbons (Fsp3) is 0.400. The number of anilines is 4. The second-order valence-electron chi connectivity index (χ2n) is 6.19. The molecule has 2 aromatic rings. The number of nitrogens with two attached hydrogens (primary N) is 2. The highest BCUT2D eigenvalue weighted by atomic mass is 32.8. The maximum atomic E-state index is 11.8. The molecule has 0 aliphatic heterocycles. The van der Waals surface area contributed by atoms with E-state index in [9.17, 15) is 4.21 Å². The predicted octanol–water partition coefficient (Wildman–Crippen LogP) is 3.74. The van der Waals surface area contributed by atoms with Crippen LogP contribution < -0.4 is 21.3 Å². The highest BCUT2D eigenvalue weighted by molar-refractivity contribution is 8.30. The Balaban J connectivity index is 0.000000308. The Morgan fingerprint density at radius 2 is 1.34 bits per heavy atom. The lowest BCUT2D eigenvalue weighted by Crippen LogP contribution is -2.22. The monoisotopic (exact) mass is 440 g/mol. The van der Waals surface area contributed by atoms with Crippen LogP contribution in [0.2, 0.25) is 0 Å². The van der Waals surface area contributed by atoms with Gasteiger partial charge in [0, 0.05) is 54.4 Å². The van der Waals surface area contributed by atoms with Crippen LogP contribution in [0.4, 0.5) is 22.7 Å². The molecule has 2 rings (SSSR count). The minimum atomic E-state index is -3.36. The fourth-order valence-corrected chi connectivity index (χ4v) is 3.97. The molecule has 0 bridgehead atoms. The summed E-state index contributed by atoms with van der Waals surface area (Å²) in [5.41, 5.74) is 14.4. The van der Waals surface area contributed by atoms with Gasteiger partial charge in [-0.1, -0.05) is 0 Å². The lowest BCUT2D eigenvalue weighted by Gasteiger charge is -2.22. The van der Waals surface area contributed by atoms with Gasteiger partial charge in [-0.05, 0) is 70.2 Å². The molecule has 0 aliphatic rings. The normalized spacial score (nSPS) is 12.4. The molecule has 29 heavy (non-hydrogen) atoms. The Morgan fingerprint density at radius 3 is 1.79 bits per heavy atom. The molecule has 1 unspecified atom stereocenters. The fourth-order valence-electron chi connectivity index (χ4n) is 2.84. The van der Waals surface area contributed by atoms with E-state index in [0.29, 0.717) is 0 Å². The maximum Gasteiger partial charge on any atom is 0.204 e. The van der Waals surface area contributed by atoms with Crippen LogP contribution in [0.5, 0.6) is 0 Å². The van der Waals surface area contributed by atoms with Crippen molar-refractivity contribution in [1.82, 2.24) is 0 Å². The molecule has 0 radical (unpaired) electrons. The van der Waals surface area contributed by atoms with Crippen LogP contribution >= 0.6 is 0 Å². The summed E-state index contributed by atoms with van der Waals surface area (Å²) in [5.74, 6) is 0. The number of hydrogen-bond donors (Lipinski definition) is 3. The summed E-state index contributed by atoms with van der Waals surface area (Å²) >= 11 is 4.67. The highest BCUT2D eigenvalue weighted by Gasteiger charge is 2.16. The van der Waals surface area contributed by atoms with Crippen molar-refractivity contribution in [2.45, 2.75) is 32.6 Å². The number of benzene rings is 2. The molecule has 1 atom stereocenters. The first-order chi connectivity index (χ1) is 13.7. The van der Waals surface area contributed by atoms with Crippen molar-refractivity contribution in [3.8, 4) is 0 Å². The molecule has 0 heterocycles. The molecule has 0 saturated heterocycles. The Hall–Kier alpha value is -2.07. The van der Waals surface area contributed by atoms with Crippen molar-refractivity contribution in [3.05, 3.63) is 42.5 Å². The molecule has 5 N–H and O–H groups in total. The molecule has 0 fully saturated rings. The maximum absolute atomic E-state index is 11.8. The lowest BCUT2D eigenvalue weighted by molar-refractivity contribution is -0.124. The average molecular weight is 441 g/mol. The zero-order valence-electron chi connectivity index (χ0n) is 17.5. The number of rotatable bonds is 8. The van der Waals surface area contributed by atoms with Gasteiger partial charge >= 0.3 is 0 Å². The average Bonchev–Trinajstić information content (AvgIpc) is 2.72. The third-order valence-corrected chi connectivity index (χ3v) is 6.32. The molecule has 0 aromatic heterocycles. The smallest absolute Gasteiger partial charge is 0.204 e. The third-order valence-electron chi connectivity index (χ3n) is 4.51. The minimum absolute atomic E-state index is 0.138. The largest absolute Gasteiger partial charge is 0.399 e. The van der Waals surface area contributed by atoms with Crippen LogP contribution in [0.15, 0.2) is 47.4 Å². The van der Waals surface area contributed by atoms with Gasteiger partial charge in [-0.25, -0.2) is 9.47 Å². The van der Waals surface area contributed by atoms with Crippen molar-refractivity contribution in [2.24, 2.45) is 0 Å². The van der Waals surface area contributed by atoms with Gasteiger partial charge in [0.2, 0.25) is 8.77 Å². The third kappa shape index (κ3) is 7.04. The summed E-state index contributed by atoms with van der Waals surface area (Å²) in [6, 6.07) is 13.0. The van der Waals surface area contributed by atoms with E-state index in [0.717, 1.165) is 37.6 Å². The van der Waals surface area contributed by atoms with Gasteiger partial charge in [0.05, 0.1) is 10.6 Å². The summed E-state index contributed by atoms with van der Waals surface area (Å²) in [5, 5.41) is 8.57. The molecular weight excluding hydrogens is 408 g/mol. The van der Waals surface area contributed by atoms with Crippen LogP contribution in [-0.2, 0) is 24.3 Å². The molecule has 162 valence electrons. The van der Waals surface area contributed by atoms with Gasteiger partial charge < -0.3 is 21.3 Å². The van der Waals surface area contributed by atoms with E-state index in [1.807, 2.05) is 36.9 Å². The molecule has 0 spiro atoms. The van der Waals surface area contributed by atoms with E-state index in [1.165, 1.54) is 5.69 Å². The first-order valence-electron chi connectivity index (χ1n) is 9.56. The summed E-state index contributed by atoms with van der Waals surface area (Å²) < 4.78 is 15.6. The molecule has 9 heteroatoms. The predicted molar refractivity (Wildman–Crippen MR) is 126 cm³/mol. The number of nitrogens with zero attached hydrogens (tertiary/aromatic N) is 2. The van der Waals surface area contributed by atoms with E-state index >= 15 is 0 Å². The van der Waals surface area contributed by atoms with Crippen molar-refractivity contribution < 1.29 is 13.8 Å². The van der Waals surface area contributed by atoms with Crippen LogP contribution in [0.3, 0.4) is 0 Å². The standard InChI is InChI=1S/C10H16N2O3S2.C10H16N2/c1-3-12(4-2)8-5-6-9(11)10(7-8)17(14,16)15-13;1-3-12(4-2)10-7-5-9(11)6-8-10/h5-7,13H,3-4,11H2,1-2H3;5-8H,3-4,11H2,1-2H3. The van der Waals surface area contributed by atoms with E-state index < -0.39 is 8.77 Å². The van der Waals surface area contributed by atoms with Gasteiger partial charge in [0.15, 0.2) is 0 Å². The van der Waals surface area contributed by atoms with Crippen LogP contribution in [0, 0.1) is 0 Å². The Morgan fingerprint density at radius 1 is 0.897 bits per heavy atom. The van der Waals surface area contributed by atoms with Gasteiger partial charge in [-0.15, -0.1) is 4.33 Å². The minimum Gasteiger partial charge on any atom is -0.399 e. The Labute approximate surface area is 179 Å². The Kier molecular flexibility index (Phi) is 10.2. The number of nitrogen functional groups attached to an aromatic ring is 2. The Bertz CT molecular complexity index is 851. The molecule has 7 nitrogen and oxygen atoms in total. The van der Waals surface area contributed by atoms with Crippen LogP contribution in [-0.4, -0.2) is 35.6 Å². The zero-order chi connectivity index (χ0) is 22.0.